The Morgan fingerprint density at radius 3 is 2.67 bits per heavy atom. The molecular formula is C20H20BrN7O2. The maximum atomic E-state index is 8.83. The Labute approximate surface area is 181 Å². The highest BCUT2D eigenvalue weighted by molar-refractivity contribution is 9.10. The third-order valence-corrected chi connectivity index (χ3v) is 5.50. The molecule has 4 rings (SSSR count). The van der Waals surface area contributed by atoms with E-state index in [1.807, 2.05) is 24.3 Å². The number of hydrogen-bond acceptors (Lipinski definition) is 8. The molecule has 2 heterocycles. The Hall–Kier alpha value is -3.16. The van der Waals surface area contributed by atoms with Crippen LogP contribution in [0.1, 0.15) is 18.5 Å². The number of rotatable bonds is 8. The van der Waals surface area contributed by atoms with Gasteiger partial charge in [-0.25, -0.2) is 9.97 Å². The topological polar surface area (TPSA) is 135 Å². The van der Waals surface area contributed by atoms with Crippen molar-refractivity contribution in [1.29, 1.82) is 5.26 Å². The van der Waals surface area contributed by atoms with Gasteiger partial charge in [-0.15, -0.1) is 0 Å². The van der Waals surface area contributed by atoms with Crippen LogP contribution >= 0.6 is 15.9 Å². The predicted octanol–water partition coefficient (Wildman–Crippen LogP) is 3.37. The summed E-state index contributed by atoms with van der Waals surface area (Å²) >= 11 is 3.51. The minimum absolute atomic E-state index is 0.0712. The molecule has 0 spiro atoms. The molecule has 1 aliphatic carbocycles. The van der Waals surface area contributed by atoms with Crippen molar-refractivity contribution in [2.75, 3.05) is 25.6 Å². The zero-order chi connectivity index (χ0) is 21.1. The van der Waals surface area contributed by atoms with Crippen molar-refractivity contribution in [3.63, 3.8) is 0 Å². The zero-order valence-electron chi connectivity index (χ0n) is 16.3. The average Bonchev–Trinajstić information content (AvgIpc) is 3.42. The van der Waals surface area contributed by atoms with Crippen LogP contribution in [0.15, 0.2) is 35.1 Å². The number of methoxy groups -OCH3 is 1. The smallest absolute Gasteiger partial charge is 0.158 e. The van der Waals surface area contributed by atoms with Crippen LogP contribution < -0.4 is 20.5 Å². The second kappa shape index (κ2) is 8.30. The second-order valence-electron chi connectivity index (χ2n) is 7.16. The molecule has 1 aromatic carbocycles. The molecule has 0 aliphatic heterocycles. The van der Waals surface area contributed by atoms with Crippen LogP contribution in [0.25, 0.3) is 11.3 Å². The van der Waals surface area contributed by atoms with Gasteiger partial charge in [0.2, 0.25) is 0 Å². The molecule has 1 aliphatic rings. The SMILES string of the molecule is COc1cc(Br)cc(OCC2(CN)CC2)c1-c1cc(Nc2cnc(C#N)cn2)n[nH]1. The zero-order valence-corrected chi connectivity index (χ0v) is 17.9. The molecule has 154 valence electrons. The van der Waals surface area contributed by atoms with Crippen molar-refractivity contribution in [1.82, 2.24) is 20.2 Å². The standard InChI is InChI=1S/C20H20BrN7O2/c1-29-15-4-12(21)5-16(30-11-20(10-23)2-3-20)19(15)14-6-17(28-27-14)26-18-9-24-13(7-22)8-25-18/h4-6,8-9H,2-3,10-11,23H2,1H3,(H2,25,26,27,28). The monoisotopic (exact) mass is 469 g/mol. The molecule has 1 saturated carbocycles. The highest BCUT2D eigenvalue weighted by Gasteiger charge is 2.42. The van der Waals surface area contributed by atoms with E-state index in [4.69, 9.17) is 20.5 Å². The molecule has 1 fully saturated rings. The molecule has 3 aromatic rings. The number of ether oxygens (including phenoxy) is 2. The molecule has 0 radical (unpaired) electrons. The van der Waals surface area contributed by atoms with Crippen LogP contribution in [0.4, 0.5) is 11.6 Å². The van der Waals surface area contributed by atoms with Gasteiger partial charge < -0.3 is 20.5 Å². The molecule has 0 bridgehead atoms. The first-order valence-corrected chi connectivity index (χ1v) is 10.1. The molecule has 9 nitrogen and oxygen atoms in total. The van der Waals surface area contributed by atoms with E-state index in [9.17, 15) is 0 Å². The van der Waals surface area contributed by atoms with Gasteiger partial charge in [0.15, 0.2) is 11.5 Å². The van der Waals surface area contributed by atoms with E-state index in [0.29, 0.717) is 36.3 Å². The summed E-state index contributed by atoms with van der Waals surface area (Å²) in [5.74, 6) is 2.34. The molecule has 4 N–H and O–H groups in total. The van der Waals surface area contributed by atoms with Crippen molar-refractivity contribution >= 4 is 27.6 Å². The minimum Gasteiger partial charge on any atom is -0.496 e. The normalized spacial score (nSPS) is 14.1. The fourth-order valence-corrected chi connectivity index (χ4v) is 3.42. The van der Waals surface area contributed by atoms with E-state index in [0.717, 1.165) is 28.6 Å². The first-order valence-electron chi connectivity index (χ1n) is 9.31. The lowest BCUT2D eigenvalue weighted by atomic mass is 10.1. The number of H-pyrrole nitrogens is 1. The lowest BCUT2D eigenvalue weighted by Crippen LogP contribution is -2.23. The molecule has 0 atom stereocenters. The number of nitrogens with two attached hydrogens (primary N) is 1. The quantitative estimate of drug-likeness (QED) is 0.456. The summed E-state index contributed by atoms with van der Waals surface area (Å²) in [6.07, 6.45) is 5.02. The second-order valence-corrected chi connectivity index (χ2v) is 8.08. The van der Waals surface area contributed by atoms with E-state index in [1.165, 1.54) is 12.4 Å². The van der Waals surface area contributed by atoms with Crippen molar-refractivity contribution in [3.8, 4) is 28.8 Å². The summed E-state index contributed by atoms with van der Waals surface area (Å²) in [7, 11) is 1.61. The molecule has 0 amide bonds. The van der Waals surface area contributed by atoms with Crippen LogP contribution in [-0.4, -0.2) is 40.4 Å². The maximum Gasteiger partial charge on any atom is 0.158 e. The number of nitriles is 1. The van der Waals surface area contributed by atoms with Gasteiger partial charge >= 0.3 is 0 Å². The molecule has 0 saturated heterocycles. The molecule has 30 heavy (non-hydrogen) atoms. The Kier molecular flexibility index (Phi) is 5.57. The van der Waals surface area contributed by atoms with Gasteiger partial charge in [0.05, 0.1) is 37.4 Å². The molecule has 2 aromatic heterocycles. The number of aromatic amines is 1. The summed E-state index contributed by atoms with van der Waals surface area (Å²) in [5.41, 5.74) is 7.70. The third kappa shape index (κ3) is 4.22. The molecular weight excluding hydrogens is 450 g/mol. The van der Waals surface area contributed by atoms with Crippen molar-refractivity contribution in [2.45, 2.75) is 12.8 Å². The van der Waals surface area contributed by atoms with Gasteiger partial charge in [-0.2, -0.15) is 10.4 Å². The number of nitrogens with one attached hydrogen (secondary N) is 2. The fourth-order valence-electron chi connectivity index (χ4n) is 3.01. The number of aromatic nitrogens is 4. The highest BCUT2D eigenvalue weighted by atomic mass is 79.9. The van der Waals surface area contributed by atoms with E-state index in [2.05, 4.69) is 41.4 Å². The van der Waals surface area contributed by atoms with Gasteiger partial charge in [-0.1, -0.05) is 15.9 Å². The summed E-state index contributed by atoms with van der Waals surface area (Å²) in [4.78, 5) is 8.14. The number of hydrogen-bond donors (Lipinski definition) is 3. The first-order chi connectivity index (χ1) is 14.6. The van der Waals surface area contributed by atoms with E-state index < -0.39 is 0 Å². The van der Waals surface area contributed by atoms with Crippen LogP contribution in [-0.2, 0) is 0 Å². The Balaban J connectivity index is 1.61. The Morgan fingerprint density at radius 1 is 1.23 bits per heavy atom. The summed E-state index contributed by atoms with van der Waals surface area (Å²) in [6.45, 7) is 1.16. The Bertz CT molecular complexity index is 1090. The predicted molar refractivity (Wildman–Crippen MR) is 115 cm³/mol. The summed E-state index contributed by atoms with van der Waals surface area (Å²) in [6, 6.07) is 7.54. The largest absolute Gasteiger partial charge is 0.496 e. The van der Waals surface area contributed by atoms with Gasteiger partial charge in [0.1, 0.15) is 23.4 Å². The van der Waals surface area contributed by atoms with Gasteiger partial charge in [-0.05, 0) is 25.0 Å². The summed E-state index contributed by atoms with van der Waals surface area (Å²) < 4.78 is 12.6. The summed E-state index contributed by atoms with van der Waals surface area (Å²) in [5, 5.41) is 19.2. The third-order valence-electron chi connectivity index (χ3n) is 5.04. The number of anilines is 2. The van der Waals surface area contributed by atoms with Crippen molar-refractivity contribution in [2.24, 2.45) is 11.1 Å². The van der Waals surface area contributed by atoms with Crippen LogP contribution in [0.2, 0.25) is 0 Å². The van der Waals surface area contributed by atoms with Gasteiger partial charge in [-0.3, -0.25) is 5.10 Å². The van der Waals surface area contributed by atoms with Crippen LogP contribution in [0.3, 0.4) is 0 Å². The number of nitrogens with zero attached hydrogens (tertiary/aromatic N) is 4. The van der Waals surface area contributed by atoms with Crippen LogP contribution in [0, 0.1) is 16.7 Å². The lowest BCUT2D eigenvalue weighted by Gasteiger charge is -2.18. The van der Waals surface area contributed by atoms with Gasteiger partial charge in [0, 0.05) is 22.5 Å². The first kappa shape index (κ1) is 20.1. The Morgan fingerprint density at radius 2 is 2.03 bits per heavy atom. The minimum atomic E-state index is 0.0712. The average molecular weight is 470 g/mol. The van der Waals surface area contributed by atoms with Crippen LogP contribution in [0.5, 0.6) is 11.5 Å². The fraction of sp³-hybridized carbons (Fsp3) is 0.300. The maximum absolute atomic E-state index is 8.83. The van der Waals surface area contributed by atoms with Gasteiger partial charge in [0.25, 0.3) is 0 Å². The van der Waals surface area contributed by atoms with E-state index in [1.54, 1.807) is 7.11 Å². The number of benzene rings is 1. The van der Waals surface area contributed by atoms with Crippen molar-refractivity contribution in [3.05, 3.63) is 40.8 Å². The molecule has 10 heteroatoms. The van der Waals surface area contributed by atoms with Crippen molar-refractivity contribution < 1.29 is 9.47 Å². The molecule has 0 unspecified atom stereocenters. The van der Waals surface area contributed by atoms with E-state index >= 15 is 0 Å². The number of halogens is 1. The lowest BCUT2D eigenvalue weighted by molar-refractivity contribution is 0.239. The van der Waals surface area contributed by atoms with E-state index in [-0.39, 0.29) is 11.1 Å². The highest BCUT2D eigenvalue weighted by Crippen LogP contribution is 2.47.